The number of nitrogens with zero attached hydrogens (tertiary/aromatic N) is 1. The summed E-state index contributed by atoms with van der Waals surface area (Å²) in [6.45, 7) is 6.44. The van der Waals surface area contributed by atoms with Crippen LogP contribution in [0.2, 0.25) is 0 Å². The van der Waals surface area contributed by atoms with E-state index in [2.05, 4.69) is 18.7 Å². The molecule has 132 valence electrons. The standard InChI is InChI=1S/C15H29NO.CH4O3S/c1-3-4-5-6-7-8-9-10-12-16-13-11-15(17)14(16)2;1-5(2,3)4/h14H,3-13H2,1-2H3;1H3,(H,2,3,4). The van der Waals surface area contributed by atoms with Gasteiger partial charge in [0, 0.05) is 13.0 Å². The van der Waals surface area contributed by atoms with E-state index in [4.69, 9.17) is 4.55 Å². The molecule has 1 fully saturated rings. The molecule has 1 aliphatic rings. The molecule has 1 N–H and O–H groups in total. The maximum Gasteiger partial charge on any atom is 0.261 e. The summed E-state index contributed by atoms with van der Waals surface area (Å²) in [5.74, 6) is 0.435. The molecule has 0 aliphatic carbocycles. The fourth-order valence-electron chi connectivity index (χ4n) is 2.61. The summed E-state index contributed by atoms with van der Waals surface area (Å²) >= 11 is 0. The topological polar surface area (TPSA) is 74.7 Å². The average molecular weight is 336 g/mol. The average Bonchev–Trinajstić information content (AvgIpc) is 2.72. The molecule has 1 saturated heterocycles. The zero-order valence-corrected chi connectivity index (χ0v) is 15.2. The molecule has 0 amide bonds. The van der Waals surface area contributed by atoms with Crippen LogP contribution in [-0.4, -0.2) is 49.0 Å². The lowest BCUT2D eigenvalue weighted by molar-refractivity contribution is -0.119. The van der Waals surface area contributed by atoms with E-state index in [1.165, 1.54) is 51.4 Å². The number of hydrogen-bond acceptors (Lipinski definition) is 4. The maximum absolute atomic E-state index is 11.4. The first-order valence-corrected chi connectivity index (χ1v) is 10.3. The van der Waals surface area contributed by atoms with Gasteiger partial charge in [0.2, 0.25) is 0 Å². The maximum atomic E-state index is 11.4. The Morgan fingerprint density at radius 3 is 1.95 bits per heavy atom. The van der Waals surface area contributed by atoms with Crippen molar-refractivity contribution in [3.63, 3.8) is 0 Å². The third kappa shape index (κ3) is 13.2. The second-order valence-electron chi connectivity index (χ2n) is 6.14. The van der Waals surface area contributed by atoms with Gasteiger partial charge in [-0.1, -0.05) is 51.9 Å². The Bertz CT molecular complexity index is 387. The predicted molar refractivity (Wildman–Crippen MR) is 90.7 cm³/mol. The van der Waals surface area contributed by atoms with Crippen LogP contribution in [0, 0.1) is 0 Å². The van der Waals surface area contributed by atoms with Crippen LogP contribution in [0.4, 0.5) is 0 Å². The molecule has 1 unspecified atom stereocenters. The van der Waals surface area contributed by atoms with Gasteiger partial charge in [0.05, 0.1) is 12.3 Å². The number of ketones is 1. The van der Waals surface area contributed by atoms with Crippen LogP contribution in [-0.2, 0) is 14.9 Å². The first kappa shape index (κ1) is 21.5. The molecule has 1 atom stereocenters. The minimum absolute atomic E-state index is 0.194. The molecule has 0 aromatic rings. The quantitative estimate of drug-likeness (QED) is 0.517. The van der Waals surface area contributed by atoms with Gasteiger partial charge in [-0.3, -0.25) is 14.2 Å². The number of hydrogen-bond donors (Lipinski definition) is 1. The minimum atomic E-state index is -3.67. The molecule has 0 saturated carbocycles. The SMILES string of the molecule is CCCCCCCCCCN1CCC(=O)C1C.CS(=O)(=O)O. The van der Waals surface area contributed by atoms with Gasteiger partial charge < -0.3 is 0 Å². The van der Waals surface area contributed by atoms with E-state index < -0.39 is 10.1 Å². The number of carbonyl (C=O) groups is 1. The molecular formula is C16H33NO4S. The van der Waals surface area contributed by atoms with Crippen LogP contribution < -0.4 is 0 Å². The Labute approximate surface area is 136 Å². The second kappa shape index (κ2) is 12.0. The summed E-state index contributed by atoms with van der Waals surface area (Å²) in [4.78, 5) is 13.7. The van der Waals surface area contributed by atoms with Gasteiger partial charge in [-0.25, -0.2) is 0 Å². The van der Waals surface area contributed by atoms with Crippen molar-refractivity contribution in [2.45, 2.75) is 77.7 Å². The highest BCUT2D eigenvalue weighted by molar-refractivity contribution is 7.85. The molecule has 1 aliphatic heterocycles. The van der Waals surface area contributed by atoms with Crippen molar-refractivity contribution < 1.29 is 17.8 Å². The molecule has 1 rings (SSSR count). The molecule has 0 aromatic heterocycles. The molecule has 0 bridgehead atoms. The van der Waals surface area contributed by atoms with Gasteiger partial charge in [0.25, 0.3) is 10.1 Å². The van der Waals surface area contributed by atoms with Gasteiger partial charge in [-0.2, -0.15) is 8.42 Å². The Morgan fingerprint density at radius 2 is 1.55 bits per heavy atom. The predicted octanol–water partition coefficient (Wildman–Crippen LogP) is 3.29. The smallest absolute Gasteiger partial charge is 0.261 e. The lowest BCUT2D eigenvalue weighted by atomic mass is 10.1. The Balaban J connectivity index is 0.000000763. The van der Waals surface area contributed by atoms with Crippen molar-refractivity contribution in [3.05, 3.63) is 0 Å². The van der Waals surface area contributed by atoms with Crippen LogP contribution in [0.25, 0.3) is 0 Å². The normalized spacial score (nSPS) is 19.1. The fourth-order valence-corrected chi connectivity index (χ4v) is 2.61. The summed E-state index contributed by atoms with van der Waals surface area (Å²) in [6.07, 6.45) is 12.4. The molecular weight excluding hydrogens is 302 g/mol. The Morgan fingerprint density at radius 1 is 1.09 bits per heavy atom. The number of Topliss-reactive ketones (excluding diaryl/α,β-unsaturated/α-hetero) is 1. The zero-order chi connectivity index (χ0) is 17.0. The van der Waals surface area contributed by atoms with Crippen LogP contribution in [0.1, 0.15) is 71.6 Å². The molecule has 6 heteroatoms. The van der Waals surface area contributed by atoms with E-state index in [1.54, 1.807) is 0 Å². The molecule has 0 aromatic carbocycles. The summed E-state index contributed by atoms with van der Waals surface area (Å²) in [6, 6.07) is 0.194. The lowest BCUT2D eigenvalue weighted by Gasteiger charge is -2.19. The van der Waals surface area contributed by atoms with Crippen LogP contribution >= 0.6 is 0 Å². The highest BCUT2D eigenvalue weighted by Crippen LogP contribution is 2.15. The number of likely N-dealkylation sites (tertiary alicyclic amines) is 1. The molecule has 0 radical (unpaired) electrons. The van der Waals surface area contributed by atoms with Crippen LogP contribution in [0.15, 0.2) is 0 Å². The first-order valence-electron chi connectivity index (χ1n) is 8.45. The summed E-state index contributed by atoms with van der Waals surface area (Å²) in [7, 11) is -3.67. The highest BCUT2D eigenvalue weighted by atomic mass is 32.2. The number of unbranched alkanes of at least 4 members (excludes halogenated alkanes) is 7. The van der Waals surface area contributed by atoms with Crippen molar-refractivity contribution >= 4 is 15.9 Å². The first-order chi connectivity index (χ1) is 10.3. The van der Waals surface area contributed by atoms with E-state index in [9.17, 15) is 13.2 Å². The number of rotatable bonds is 9. The van der Waals surface area contributed by atoms with Crippen molar-refractivity contribution in [1.82, 2.24) is 4.90 Å². The highest BCUT2D eigenvalue weighted by Gasteiger charge is 2.27. The van der Waals surface area contributed by atoms with E-state index in [0.29, 0.717) is 12.0 Å². The molecule has 5 nitrogen and oxygen atoms in total. The van der Waals surface area contributed by atoms with E-state index in [1.807, 2.05) is 0 Å². The van der Waals surface area contributed by atoms with Crippen molar-refractivity contribution in [1.29, 1.82) is 0 Å². The second-order valence-corrected chi connectivity index (χ2v) is 7.60. The van der Waals surface area contributed by atoms with Crippen molar-refractivity contribution in [2.75, 3.05) is 19.3 Å². The summed E-state index contributed by atoms with van der Waals surface area (Å²) in [5.41, 5.74) is 0. The monoisotopic (exact) mass is 335 g/mol. The fraction of sp³-hybridized carbons (Fsp3) is 0.938. The summed E-state index contributed by atoms with van der Waals surface area (Å²) in [5, 5.41) is 0. The van der Waals surface area contributed by atoms with Crippen molar-refractivity contribution in [2.24, 2.45) is 0 Å². The third-order valence-corrected chi connectivity index (χ3v) is 3.96. The van der Waals surface area contributed by atoms with E-state index in [-0.39, 0.29) is 6.04 Å². The number of carbonyl (C=O) groups excluding carboxylic acids is 1. The zero-order valence-electron chi connectivity index (χ0n) is 14.4. The minimum Gasteiger partial charge on any atom is -0.298 e. The van der Waals surface area contributed by atoms with Gasteiger partial charge in [0.15, 0.2) is 5.78 Å². The summed E-state index contributed by atoms with van der Waals surface area (Å²) < 4.78 is 25.9. The molecule has 1 heterocycles. The Hall–Kier alpha value is -0.460. The molecule has 22 heavy (non-hydrogen) atoms. The van der Waals surface area contributed by atoms with Crippen LogP contribution in [0.5, 0.6) is 0 Å². The molecule has 0 spiro atoms. The largest absolute Gasteiger partial charge is 0.298 e. The van der Waals surface area contributed by atoms with E-state index in [0.717, 1.165) is 19.5 Å². The van der Waals surface area contributed by atoms with Crippen molar-refractivity contribution in [3.8, 4) is 0 Å². The Kier molecular flexibility index (Phi) is 11.8. The van der Waals surface area contributed by atoms with E-state index >= 15 is 0 Å². The third-order valence-electron chi connectivity index (χ3n) is 3.96. The van der Waals surface area contributed by atoms with Gasteiger partial charge in [-0.05, 0) is 19.9 Å². The van der Waals surface area contributed by atoms with Gasteiger partial charge in [0.1, 0.15) is 0 Å². The lowest BCUT2D eigenvalue weighted by Crippen LogP contribution is -2.30. The van der Waals surface area contributed by atoms with Gasteiger partial charge in [-0.15, -0.1) is 0 Å². The van der Waals surface area contributed by atoms with Gasteiger partial charge >= 0.3 is 0 Å². The van der Waals surface area contributed by atoms with Crippen LogP contribution in [0.3, 0.4) is 0 Å².